The van der Waals surface area contributed by atoms with Gasteiger partial charge in [0.15, 0.2) is 0 Å². The van der Waals surface area contributed by atoms with Crippen molar-refractivity contribution in [2.24, 2.45) is 5.73 Å². The first kappa shape index (κ1) is 11.1. The molecule has 0 heterocycles. The van der Waals surface area contributed by atoms with Crippen LogP contribution in [0.2, 0.25) is 0 Å². The Morgan fingerprint density at radius 1 is 1.43 bits per heavy atom. The van der Waals surface area contributed by atoms with Gasteiger partial charge in [-0.2, -0.15) is 0 Å². The van der Waals surface area contributed by atoms with Gasteiger partial charge in [-0.3, -0.25) is 0 Å². The number of hydrogen-bond donors (Lipinski definition) is 2. The van der Waals surface area contributed by atoms with E-state index < -0.39 is 6.10 Å². The van der Waals surface area contributed by atoms with Crippen molar-refractivity contribution in [2.45, 2.75) is 32.4 Å². The Balaban J connectivity index is 2.94. The maximum absolute atomic E-state index is 13.0. The normalized spacial score (nSPS) is 15.2. The fraction of sp³-hybridized carbons (Fsp3) is 0.455. The van der Waals surface area contributed by atoms with E-state index in [2.05, 4.69) is 0 Å². The molecule has 0 saturated carbocycles. The summed E-state index contributed by atoms with van der Waals surface area (Å²) >= 11 is 0. The van der Waals surface area contributed by atoms with E-state index in [1.54, 1.807) is 13.0 Å². The monoisotopic (exact) mass is 197 g/mol. The second-order valence-corrected chi connectivity index (χ2v) is 3.58. The molecule has 1 rings (SSSR count). The van der Waals surface area contributed by atoms with Crippen molar-refractivity contribution in [3.05, 3.63) is 35.1 Å². The van der Waals surface area contributed by atoms with Crippen molar-refractivity contribution in [2.75, 3.05) is 0 Å². The van der Waals surface area contributed by atoms with Crippen molar-refractivity contribution < 1.29 is 9.50 Å². The summed E-state index contributed by atoms with van der Waals surface area (Å²) in [6.45, 7) is 3.68. The molecular weight excluding hydrogens is 181 g/mol. The lowest BCUT2D eigenvalue weighted by atomic mass is 9.99. The van der Waals surface area contributed by atoms with Crippen LogP contribution in [0, 0.1) is 12.7 Å². The molecule has 0 fully saturated rings. The number of halogens is 1. The Kier molecular flexibility index (Phi) is 3.61. The molecule has 0 amide bonds. The van der Waals surface area contributed by atoms with E-state index in [-0.39, 0.29) is 11.9 Å². The lowest BCUT2D eigenvalue weighted by Crippen LogP contribution is -2.27. The predicted molar refractivity (Wildman–Crippen MR) is 54.4 cm³/mol. The lowest BCUT2D eigenvalue weighted by molar-refractivity contribution is 0.144. The summed E-state index contributed by atoms with van der Waals surface area (Å²) in [5.74, 6) is -0.331. The minimum absolute atomic E-state index is 0.331. The smallest absolute Gasteiger partial charge is 0.123 e. The third-order valence-corrected chi connectivity index (χ3v) is 2.28. The van der Waals surface area contributed by atoms with E-state index in [9.17, 15) is 9.50 Å². The molecule has 0 aliphatic carbocycles. The third-order valence-electron chi connectivity index (χ3n) is 2.28. The van der Waals surface area contributed by atoms with E-state index >= 15 is 0 Å². The van der Waals surface area contributed by atoms with Gasteiger partial charge >= 0.3 is 0 Å². The molecule has 0 aliphatic heterocycles. The second-order valence-electron chi connectivity index (χ2n) is 3.58. The van der Waals surface area contributed by atoms with E-state index in [1.807, 2.05) is 6.92 Å². The van der Waals surface area contributed by atoms with Crippen LogP contribution >= 0.6 is 0 Å². The molecule has 0 saturated heterocycles. The minimum atomic E-state index is -0.783. The number of aliphatic hydroxyl groups excluding tert-OH is 1. The van der Waals surface area contributed by atoms with Crippen LogP contribution in [-0.4, -0.2) is 11.1 Å². The Hall–Kier alpha value is -0.930. The number of rotatable bonds is 3. The molecule has 0 radical (unpaired) electrons. The van der Waals surface area contributed by atoms with Crippen LogP contribution in [0.4, 0.5) is 4.39 Å². The molecule has 0 spiro atoms. The van der Waals surface area contributed by atoms with Gasteiger partial charge < -0.3 is 10.8 Å². The van der Waals surface area contributed by atoms with Crippen molar-refractivity contribution >= 4 is 0 Å². The van der Waals surface area contributed by atoms with Gasteiger partial charge in [-0.05, 0) is 36.6 Å². The van der Waals surface area contributed by atoms with Gasteiger partial charge in [0.25, 0.3) is 0 Å². The fourth-order valence-corrected chi connectivity index (χ4v) is 1.41. The topological polar surface area (TPSA) is 46.2 Å². The van der Waals surface area contributed by atoms with Gasteiger partial charge in [0.1, 0.15) is 5.82 Å². The van der Waals surface area contributed by atoms with Crippen molar-refractivity contribution in [3.63, 3.8) is 0 Å². The molecule has 0 aliphatic rings. The highest BCUT2D eigenvalue weighted by Crippen LogP contribution is 2.19. The molecule has 3 N–H and O–H groups in total. The number of hydrogen-bond acceptors (Lipinski definition) is 2. The summed E-state index contributed by atoms with van der Waals surface area (Å²) in [6.07, 6.45) is -0.120. The van der Waals surface area contributed by atoms with Crippen LogP contribution in [0.1, 0.15) is 30.6 Å². The Morgan fingerprint density at radius 2 is 2.07 bits per heavy atom. The molecule has 1 aromatic rings. The zero-order chi connectivity index (χ0) is 10.7. The highest BCUT2D eigenvalue weighted by molar-refractivity contribution is 5.26. The minimum Gasteiger partial charge on any atom is -0.387 e. The van der Waals surface area contributed by atoms with Gasteiger partial charge in [-0.15, -0.1) is 0 Å². The molecule has 78 valence electrons. The zero-order valence-electron chi connectivity index (χ0n) is 8.50. The van der Waals surface area contributed by atoms with Crippen LogP contribution < -0.4 is 5.73 Å². The maximum Gasteiger partial charge on any atom is 0.123 e. The lowest BCUT2D eigenvalue weighted by Gasteiger charge is -2.17. The van der Waals surface area contributed by atoms with Crippen LogP contribution in [-0.2, 0) is 0 Å². The first-order chi connectivity index (χ1) is 6.54. The quantitative estimate of drug-likeness (QED) is 0.777. The summed E-state index contributed by atoms with van der Waals surface area (Å²) in [5, 5.41) is 9.75. The van der Waals surface area contributed by atoms with E-state index in [1.165, 1.54) is 12.1 Å². The van der Waals surface area contributed by atoms with Crippen molar-refractivity contribution in [1.29, 1.82) is 0 Å². The largest absolute Gasteiger partial charge is 0.387 e. The standard InChI is InChI=1S/C11H16FNO/c1-3-10(13)11(14)8-4-7(2)5-9(12)6-8/h4-6,10-11,14H,3,13H2,1-2H3/t10-,11+/m0/s1. The molecule has 0 unspecified atom stereocenters. The second kappa shape index (κ2) is 4.53. The van der Waals surface area contributed by atoms with Gasteiger partial charge in [0, 0.05) is 6.04 Å². The molecule has 0 aromatic heterocycles. The number of nitrogens with two attached hydrogens (primary N) is 1. The van der Waals surface area contributed by atoms with Crippen LogP contribution in [0.5, 0.6) is 0 Å². The van der Waals surface area contributed by atoms with Gasteiger partial charge in [0.05, 0.1) is 6.10 Å². The molecule has 0 bridgehead atoms. The Morgan fingerprint density at radius 3 is 2.57 bits per heavy atom. The average molecular weight is 197 g/mol. The van der Waals surface area contributed by atoms with Crippen LogP contribution in [0.25, 0.3) is 0 Å². The summed E-state index contributed by atoms with van der Waals surface area (Å²) in [5.41, 5.74) is 7.02. The molecule has 2 nitrogen and oxygen atoms in total. The molecule has 2 atom stereocenters. The first-order valence-corrected chi connectivity index (χ1v) is 4.75. The van der Waals surface area contributed by atoms with Crippen molar-refractivity contribution in [1.82, 2.24) is 0 Å². The molecule has 14 heavy (non-hydrogen) atoms. The van der Waals surface area contributed by atoms with E-state index in [4.69, 9.17) is 5.73 Å². The zero-order valence-corrected chi connectivity index (χ0v) is 8.50. The Bertz CT molecular complexity index is 294. The summed E-state index contributed by atoms with van der Waals surface area (Å²) in [7, 11) is 0. The van der Waals surface area contributed by atoms with E-state index in [0.29, 0.717) is 12.0 Å². The fourth-order valence-electron chi connectivity index (χ4n) is 1.41. The van der Waals surface area contributed by atoms with Crippen LogP contribution in [0.15, 0.2) is 18.2 Å². The number of aryl methyl sites for hydroxylation is 1. The van der Waals surface area contributed by atoms with E-state index in [0.717, 1.165) is 5.56 Å². The van der Waals surface area contributed by atoms with Gasteiger partial charge in [0.2, 0.25) is 0 Å². The highest BCUT2D eigenvalue weighted by Gasteiger charge is 2.15. The number of benzene rings is 1. The predicted octanol–water partition coefficient (Wildman–Crippen LogP) is 1.90. The van der Waals surface area contributed by atoms with Gasteiger partial charge in [-0.25, -0.2) is 4.39 Å². The molecule has 1 aromatic carbocycles. The average Bonchev–Trinajstić information content (AvgIpc) is 2.14. The van der Waals surface area contributed by atoms with Crippen molar-refractivity contribution in [3.8, 4) is 0 Å². The van der Waals surface area contributed by atoms with Gasteiger partial charge in [-0.1, -0.05) is 13.0 Å². The number of aliphatic hydroxyl groups is 1. The molecular formula is C11H16FNO. The summed E-state index contributed by atoms with van der Waals surface area (Å²) < 4.78 is 13.0. The Labute approximate surface area is 83.6 Å². The maximum atomic E-state index is 13.0. The SMILES string of the molecule is CC[C@H](N)[C@H](O)c1cc(C)cc(F)c1. The summed E-state index contributed by atoms with van der Waals surface area (Å²) in [4.78, 5) is 0. The third kappa shape index (κ3) is 2.53. The molecule has 3 heteroatoms. The summed E-state index contributed by atoms with van der Waals surface area (Å²) in [6, 6.07) is 4.17. The van der Waals surface area contributed by atoms with Crippen LogP contribution in [0.3, 0.4) is 0 Å². The first-order valence-electron chi connectivity index (χ1n) is 4.75. The highest BCUT2D eigenvalue weighted by atomic mass is 19.1.